The van der Waals surface area contributed by atoms with Crippen molar-refractivity contribution >= 4 is 18.3 Å². The minimum Gasteiger partial charge on any atom is -0.376 e. The summed E-state index contributed by atoms with van der Waals surface area (Å²) in [5.41, 5.74) is 5.37. The highest BCUT2D eigenvalue weighted by Gasteiger charge is 2.19. The second-order valence-corrected chi connectivity index (χ2v) is 4.40. The first kappa shape index (κ1) is 17.6. The summed E-state index contributed by atoms with van der Waals surface area (Å²) in [5.74, 6) is -0.0555. The average molecular weight is 281 g/mol. The highest BCUT2D eigenvalue weighted by Crippen LogP contribution is 2.12. The SMILES string of the molecule is CC(OCC1CCCO1)C(=O)NCCCCN.Cl. The van der Waals surface area contributed by atoms with Gasteiger partial charge in [0.05, 0.1) is 12.7 Å². The predicted molar refractivity (Wildman–Crippen MR) is 72.9 cm³/mol. The molecule has 1 saturated heterocycles. The second kappa shape index (κ2) is 10.6. The van der Waals surface area contributed by atoms with Gasteiger partial charge in [-0.15, -0.1) is 12.4 Å². The summed E-state index contributed by atoms with van der Waals surface area (Å²) in [4.78, 5) is 11.6. The van der Waals surface area contributed by atoms with E-state index >= 15 is 0 Å². The first-order chi connectivity index (χ1) is 8.24. The molecule has 0 aromatic carbocycles. The lowest BCUT2D eigenvalue weighted by Crippen LogP contribution is -2.36. The third-order valence-electron chi connectivity index (χ3n) is 2.86. The topological polar surface area (TPSA) is 73.6 Å². The summed E-state index contributed by atoms with van der Waals surface area (Å²) in [6.07, 6.45) is 3.74. The van der Waals surface area contributed by atoms with E-state index in [0.29, 0.717) is 19.7 Å². The number of unbranched alkanes of at least 4 members (excludes halogenated alkanes) is 1. The highest BCUT2D eigenvalue weighted by molar-refractivity contribution is 5.85. The van der Waals surface area contributed by atoms with E-state index in [1.807, 2.05) is 0 Å². The Labute approximate surface area is 115 Å². The van der Waals surface area contributed by atoms with Crippen LogP contribution in [-0.2, 0) is 14.3 Å². The summed E-state index contributed by atoms with van der Waals surface area (Å²) in [5, 5.41) is 2.83. The molecule has 1 amide bonds. The Balaban J connectivity index is 0.00000289. The van der Waals surface area contributed by atoms with Gasteiger partial charge in [-0.3, -0.25) is 4.79 Å². The summed E-state index contributed by atoms with van der Waals surface area (Å²) >= 11 is 0. The van der Waals surface area contributed by atoms with Gasteiger partial charge in [-0.1, -0.05) is 0 Å². The Morgan fingerprint density at radius 3 is 2.94 bits per heavy atom. The molecule has 6 heteroatoms. The van der Waals surface area contributed by atoms with Crippen LogP contribution >= 0.6 is 12.4 Å². The van der Waals surface area contributed by atoms with E-state index in [9.17, 15) is 4.79 Å². The fraction of sp³-hybridized carbons (Fsp3) is 0.917. The van der Waals surface area contributed by atoms with E-state index in [1.165, 1.54) is 0 Å². The van der Waals surface area contributed by atoms with Gasteiger partial charge in [0.1, 0.15) is 6.10 Å². The monoisotopic (exact) mass is 280 g/mol. The zero-order valence-corrected chi connectivity index (χ0v) is 11.8. The standard InChI is InChI=1S/C12H24N2O3.ClH/c1-10(12(15)14-7-3-2-6-13)17-9-11-5-4-8-16-11;/h10-11H,2-9,13H2,1H3,(H,14,15);1H. The Kier molecular flexibility index (Phi) is 10.3. The molecule has 1 aliphatic heterocycles. The molecule has 2 unspecified atom stereocenters. The molecule has 1 rings (SSSR count). The van der Waals surface area contributed by atoms with Gasteiger partial charge < -0.3 is 20.5 Å². The van der Waals surface area contributed by atoms with Crippen molar-refractivity contribution in [3.8, 4) is 0 Å². The van der Waals surface area contributed by atoms with Crippen molar-refractivity contribution in [2.24, 2.45) is 5.73 Å². The molecule has 1 fully saturated rings. The van der Waals surface area contributed by atoms with Crippen molar-refractivity contribution in [1.82, 2.24) is 5.32 Å². The van der Waals surface area contributed by atoms with E-state index in [2.05, 4.69) is 5.32 Å². The van der Waals surface area contributed by atoms with Gasteiger partial charge in [-0.25, -0.2) is 0 Å². The molecule has 3 N–H and O–H groups in total. The van der Waals surface area contributed by atoms with Crippen LogP contribution in [0.1, 0.15) is 32.6 Å². The number of hydrogen-bond donors (Lipinski definition) is 2. The number of amides is 1. The van der Waals surface area contributed by atoms with Crippen LogP contribution in [0.2, 0.25) is 0 Å². The van der Waals surface area contributed by atoms with Crippen molar-refractivity contribution in [2.45, 2.75) is 44.8 Å². The molecular weight excluding hydrogens is 256 g/mol. The normalized spacial score (nSPS) is 20.2. The predicted octanol–water partition coefficient (Wildman–Crippen LogP) is 0.847. The lowest BCUT2D eigenvalue weighted by atomic mass is 10.2. The molecule has 2 atom stereocenters. The maximum Gasteiger partial charge on any atom is 0.248 e. The summed E-state index contributed by atoms with van der Waals surface area (Å²) in [6, 6.07) is 0. The van der Waals surface area contributed by atoms with E-state index < -0.39 is 6.10 Å². The Hall–Kier alpha value is -0.360. The molecule has 0 spiro atoms. The van der Waals surface area contributed by atoms with Gasteiger partial charge in [0.15, 0.2) is 0 Å². The summed E-state index contributed by atoms with van der Waals surface area (Å²) in [7, 11) is 0. The number of carbonyl (C=O) groups excluding carboxylic acids is 1. The smallest absolute Gasteiger partial charge is 0.248 e. The van der Waals surface area contributed by atoms with Crippen LogP contribution in [0.5, 0.6) is 0 Å². The molecule has 0 saturated carbocycles. The molecule has 0 bridgehead atoms. The number of hydrogen-bond acceptors (Lipinski definition) is 4. The third-order valence-corrected chi connectivity index (χ3v) is 2.86. The molecule has 0 aromatic heterocycles. The van der Waals surface area contributed by atoms with Crippen LogP contribution in [0, 0.1) is 0 Å². The molecule has 108 valence electrons. The van der Waals surface area contributed by atoms with E-state index in [1.54, 1.807) is 6.92 Å². The van der Waals surface area contributed by atoms with Gasteiger partial charge in [0, 0.05) is 13.2 Å². The van der Waals surface area contributed by atoms with Crippen LogP contribution in [0.15, 0.2) is 0 Å². The summed E-state index contributed by atoms with van der Waals surface area (Å²) in [6.45, 7) is 4.43. The molecule has 5 nitrogen and oxygen atoms in total. The molecule has 1 heterocycles. The fourth-order valence-corrected chi connectivity index (χ4v) is 1.73. The number of nitrogens with two attached hydrogens (primary N) is 1. The van der Waals surface area contributed by atoms with Gasteiger partial charge >= 0.3 is 0 Å². The molecule has 0 aliphatic carbocycles. The van der Waals surface area contributed by atoms with Crippen molar-refractivity contribution in [1.29, 1.82) is 0 Å². The maximum atomic E-state index is 11.6. The van der Waals surface area contributed by atoms with Gasteiger partial charge in [-0.2, -0.15) is 0 Å². The Bertz CT molecular complexity index is 223. The zero-order valence-electron chi connectivity index (χ0n) is 11.0. The Morgan fingerprint density at radius 1 is 1.56 bits per heavy atom. The van der Waals surface area contributed by atoms with Crippen LogP contribution in [0.4, 0.5) is 0 Å². The lowest BCUT2D eigenvalue weighted by Gasteiger charge is -2.16. The number of halogens is 1. The van der Waals surface area contributed by atoms with Crippen molar-refractivity contribution in [2.75, 3.05) is 26.3 Å². The zero-order chi connectivity index (χ0) is 12.5. The van der Waals surface area contributed by atoms with Gasteiger partial charge in [-0.05, 0) is 39.2 Å². The van der Waals surface area contributed by atoms with Gasteiger partial charge in [0.2, 0.25) is 5.91 Å². The number of nitrogens with one attached hydrogen (secondary N) is 1. The number of ether oxygens (including phenoxy) is 2. The minimum atomic E-state index is -0.405. The molecule has 0 aromatic rings. The van der Waals surface area contributed by atoms with Crippen LogP contribution in [-0.4, -0.2) is 44.4 Å². The first-order valence-electron chi connectivity index (χ1n) is 6.45. The minimum absolute atomic E-state index is 0. The van der Waals surface area contributed by atoms with E-state index in [-0.39, 0.29) is 24.4 Å². The van der Waals surface area contributed by atoms with Crippen molar-refractivity contribution in [3.63, 3.8) is 0 Å². The van der Waals surface area contributed by atoms with E-state index in [4.69, 9.17) is 15.2 Å². The second-order valence-electron chi connectivity index (χ2n) is 4.40. The number of rotatable bonds is 8. The molecule has 0 radical (unpaired) electrons. The number of carbonyl (C=O) groups is 1. The Morgan fingerprint density at radius 2 is 2.33 bits per heavy atom. The molecule has 18 heavy (non-hydrogen) atoms. The molecular formula is C12H25ClN2O3. The van der Waals surface area contributed by atoms with Crippen LogP contribution in [0.25, 0.3) is 0 Å². The maximum absolute atomic E-state index is 11.6. The van der Waals surface area contributed by atoms with Crippen molar-refractivity contribution in [3.05, 3.63) is 0 Å². The third kappa shape index (κ3) is 7.16. The van der Waals surface area contributed by atoms with E-state index in [0.717, 1.165) is 32.3 Å². The average Bonchev–Trinajstić information content (AvgIpc) is 2.84. The summed E-state index contributed by atoms with van der Waals surface area (Å²) < 4.78 is 10.9. The quantitative estimate of drug-likeness (QED) is 0.647. The van der Waals surface area contributed by atoms with Crippen molar-refractivity contribution < 1.29 is 14.3 Å². The lowest BCUT2D eigenvalue weighted by molar-refractivity contribution is -0.133. The van der Waals surface area contributed by atoms with Crippen LogP contribution < -0.4 is 11.1 Å². The fourth-order valence-electron chi connectivity index (χ4n) is 1.73. The highest BCUT2D eigenvalue weighted by atomic mass is 35.5. The molecule has 1 aliphatic rings. The first-order valence-corrected chi connectivity index (χ1v) is 6.45. The van der Waals surface area contributed by atoms with Crippen LogP contribution in [0.3, 0.4) is 0 Å². The van der Waals surface area contributed by atoms with Gasteiger partial charge in [0.25, 0.3) is 0 Å². The largest absolute Gasteiger partial charge is 0.376 e.